The van der Waals surface area contributed by atoms with Crippen LogP contribution in [0.3, 0.4) is 0 Å². The summed E-state index contributed by atoms with van der Waals surface area (Å²) in [5, 5.41) is 0. The lowest BCUT2D eigenvalue weighted by atomic mass is 10.0. The van der Waals surface area contributed by atoms with E-state index in [1.807, 2.05) is 24.3 Å². The highest BCUT2D eigenvalue weighted by Crippen LogP contribution is 2.33. The van der Waals surface area contributed by atoms with Crippen LogP contribution in [0, 0.1) is 0 Å². The Morgan fingerprint density at radius 1 is 1.29 bits per heavy atom. The molecule has 1 aliphatic rings. The van der Waals surface area contributed by atoms with Gasteiger partial charge in [-0.2, -0.15) is 0 Å². The van der Waals surface area contributed by atoms with Gasteiger partial charge in [0, 0.05) is 32.1 Å². The topological polar surface area (TPSA) is 75.9 Å². The van der Waals surface area contributed by atoms with E-state index >= 15 is 0 Å². The molecule has 0 aliphatic carbocycles. The van der Waals surface area contributed by atoms with Gasteiger partial charge in [0.05, 0.1) is 19.3 Å². The Kier molecular flexibility index (Phi) is 4.50. The normalized spacial score (nSPS) is 17.7. The highest BCUT2D eigenvalue weighted by molar-refractivity contribution is 5.91. The van der Waals surface area contributed by atoms with E-state index in [-0.39, 0.29) is 23.6 Å². The van der Waals surface area contributed by atoms with Crippen LogP contribution in [-0.2, 0) is 4.79 Å². The summed E-state index contributed by atoms with van der Waals surface area (Å²) >= 11 is 0. The van der Waals surface area contributed by atoms with Crippen molar-refractivity contribution in [2.24, 2.45) is 0 Å². The largest absolute Gasteiger partial charge is 0.496 e. The number of amides is 2. The maximum absolute atomic E-state index is 12.8. The number of oxazole rings is 1. The molecule has 1 aromatic carbocycles. The number of carbonyl (C=O) groups is 2. The molecule has 1 unspecified atom stereocenters. The van der Waals surface area contributed by atoms with Crippen LogP contribution in [0.25, 0.3) is 0 Å². The van der Waals surface area contributed by atoms with Crippen LogP contribution in [0.1, 0.15) is 29.1 Å². The van der Waals surface area contributed by atoms with Gasteiger partial charge in [0.2, 0.25) is 11.7 Å². The number of hydrogen-bond acceptors (Lipinski definition) is 5. The zero-order chi connectivity index (χ0) is 17.1. The fraction of sp³-hybridized carbons (Fsp3) is 0.353. The van der Waals surface area contributed by atoms with Gasteiger partial charge in [-0.05, 0) is 6.07 Å². The molecule has 0 spiro atoms. The molecule has 0 saturated carbocycles. The molecule has 0 radical (unpaired) electrons. The van der Waals surface area contributed by atoms with Crippen LogP contribution in [0.2, 0.25) is 0 Å². The van der Waals surface area contributed by atoms with Gasteiger partial charge in [0.15, 0.2) is 6.39 Å². The summed E-state index contributed by atoms with van der Waals surface area (Å²) in [6.07, 6.45) is 2.64. The molecule has 2 aromatic rings. The Morgan fingerprint density at radius 3 is 2.75 bits per heavy atom. The maximum atomic E-state index is 12.8. The number of aromatic nitrogens is 1. The molecule has 0 bridgehead atoms. The van der Waals surface area contributed by atoms with Gasteiger partial charge in [0.1, 0.15) is 5.75 Å². The molecule has 1 atom stereocenters. The second-order valence-corrected chi connectivity index (χ2v) is 5.59. The molecule has 2 amide bonds. The molecule has 0 N–H and O–H groups in total. The number of nitrogens with zero attached hydrogens (tertiary/aromatic N) is 3. The fourth-order valence-electron chi connectivity index (χ4n) is 2.98. The average molecular weight is 329 g/mol. The van der Waals surface area contributed by atoms with Gasteiger partial charge in [-0.25, -0.2) is 4.98 Å². The third kappa shape index (κ3) is 2.97. The van der Waals surface area contributed by atoms with Crippen molar-refractivity contribution < 1.29 is 18.7 Å². The number of para-hydroxylation sites is 1. The molecule has 7 nitrogen and oxygen atoms in total. The summed E-state index contributed by atoms with van der Waals surface area (Å²) in [6.45, 7) is 2.85. The van der Waals surface area contributed by atoms with E-state index in [1.54, 1.807) is 16.9 Å². The second-order valence-electron chi connectivity index (χ2n) is 5.59. The zero-order valence-electron chi connectivity index (χ0n) is 13.6. The van der Waals surface area contributed by atoms with E-state index in [9.17, 15) is 9.59 Å². The quantitative estimate of drug-likeness (QED) is 0.857. The van der Waals surface area contributed by atoms with Crippen molar-refractivity contribution in [3.05, 3.63) is 48.2 Å². The van der Waals surface area contributed by atoms with Crippen LogP contribution in [0.4, 0.5) is 0 Å². The van der Waals surface area contributed by atoms with Gasteiger partial charge in [0.25, 0.3) is 5.91 Å². The molecule has 24 heavy (non-hydrogen) atoms. The molecule has 1 saturated heterocycles. The number of piperazine rings is 1. The Morgan fingerprint density at radius 2 is 2.08 bits per heavy atom. The Bertz CT molecular complexity index is 729. The number of hydrogen-bond donors (Lipinski definition) is 0. The highest BCUT2D eigenvalue weighted by Gasteiger charge is 2.35. The van der Waals surface area contributed by atoms with Gasteiger partial charge in [-0.15, -0.1) is 0 Å². The van der Waals surface area contributed by atoms with Gasteiger partial charge in [-0.1, -0.05) is 18.2 Å². The van der Waals surface area contributed by atoms with E-state index in [0.29, 0.717) is 25.4 Å². The monoisotopic (exact) mass is 329 g/mol. The minimum absolute atomic E-state index is 0.0123. The first-order valence-electron chi connectivity index (χ1n) is 7.69. The summed E-state index contributed by atoms with van der Waals surface area (Å²) < 4.78 is 10.6. The van der Waals surface area contributed by atoms with Crippen molar-refractivity contribution >= 4 is 11.8 Å². The number of carbonyl (C=O) groups excluding carboxylic acids is 2. The lowest BCUT2D eigenvalue weighted by Crippen LogP contribution is -2.51. The van der Waals surface area contributed by atoms with E-state index < -0.39 is 0 Å². The predicted molar refractivity (Wildman–Crippen MR) is 85.5 cm³/mol. The molecule has 1 fully saturated rings. The predicted octanol–water partition coefficient (Wildman–Crippen LogP) is 1.73. The molecule has 2 heterocycles. The molecule has 126 valence electrons. The fourth-order valence-corrected chi connectivity index (χ4v) is 2.98. The van der Waals surface area contributed by atoms with Crippen LogP contribution in [-0.4, -0.2) is 53.3 Å². The van der Waals surface area contributed by atoms with E-state index in [4.69, 9.17) is 9.15 Å². The zero-order valence-corrected chi connectivity index (χ0v) is 13.6. The van der Waals surface area contributed by atoms with Gasteiger partial charge >= 0.3 is 0 Å². The summed E-state index contributed by atoms with van der Waals surface area (Å²) in [4.78, 5) is 31.8. The molecular formula is C17H19N3O4. The Balaban J connectivity index is 1.97. The Labute approximate surface area is 139 Å². The lowest BCUT2D eigenvalue weighted by Gasteiger charge is -2.41. The summed E-state index contributed by atoms with van der Waals surface area (Å²) in [7, 11) is 1.59. The van der Waals surface area contributed by atoms with Crippen molar-refractivity contribution in [2.75, 3.05) is 26.7 Å². The minimum atomic E-state index is -0.309. The van der Waals surface area contributed by atoms with Crippen molar-refractivity contribution in [2.45, 2.75) is 13.0 Å². The number of ether oxygens (including phenoxy) is 1. The first kappa shape index (κ1) is 16.0. The number of rotatable bonds is 3. The molecule has 1 aliphatic heterocycles. The molecule has 1 aromatic heterocycles. The summed E-state index contributed by atoms with van der Waals surface area (Å²) in [6, 6.07) is 7.21. The van der Waals surface area contributed by atoms with Gasteiger partial charge in [-0.3, -0.25) is 9.59 Å². The standard InChI is InChI=1S/C17H19N3O4/c1-12(21)19-7-8-20(17(22)16-9-18-11-24-16)14(10-19)13-5-3-4-6-15(13)23-2/h3-6,9,11,14H,7-8,10H2,1-2H3. The van der Waals surface area contributed by atoms with E-state index in [1.165, 1.54) is 19.5 Å². The molecular weight excluding hydrogens is 310 g/mol. The van der Waals surface area contributed by atoms with Crippen LogP contribution in [0.5, 0.6) is 5.75 Å². The van der Waals surface area contributed by atoms with Crippen molar-refractivity contribution in [1.82, 2.24) is 14.8 Å². The third-order valence-corrected chi connectivity index (χ3v) is 4.23. The van der Waals surface area contributed by atoms with Gasteiger partial charge < -0.3 is 19.0 Å². The second kappa shape index (κ2) is 6.74. The van der Waals surface area contributed by atoms with Crippen LogP contribution in [0.15, 0.2) is 41.3 Å². The highest BCUT2D eigenvalue weighted by atomic mass is 16.5. The molecule has 7 heteroatoms. The lowest BCUT2D eigenvalue weighted by molar-refractivity contribution is -0.131. The third-order valence-electron chi connectivity index (χ3n) is 4.23. The van der Waals surface area contributed by atoms with Crippen molar-refractivity contribution in [3.8, 4) is 5.75 Å². The minimum Gasteiger partial charge on any atom is -0.496 e. The van der Waals surface area contributed by atoms with Crippen LogP contribution < -0.4 is 4.74 Å². The van der Waals surface area contributed by atoms with Crippen molar-refractivity contribution in [3.63, 3.8) is 0 Å². The first-order valence-corrected chi connectivity index (χ1v) is 7.69. The Hall–Kier alpha value is -2.83. The average Bonchev–Trinajstić information content (AvgIpc) is 3.15. The smallest absolute Gasteiger partial charge is 0.291 e. The SMILES string of the molecule is COc1ccccc1C1CN(C(C)=O)CCN1C(=O)c1cnco1. The maximum Gasteiger partial charge on any atom is 0.291 e. The summed E-state index contributed by atoms with van der Waals surface area (Å²) in [5.41, 5.74) is 0.860. The van der Waals surface area contributed by atoms with Crippen molar-refractivity contribution in [1.29, 1.82) is 0 Å². The summed E-state index contributed by atoms with van der Waals surface area (Å²) in [5.74, 6) is 0.614. The van der Waals surface area contributed by atoms with E-state index in [2.05, 4.69) is 4.98 Å². The first-order chi connectivity index (χ1) is 11.6. The number of methoxy groups -OCH3 is 1. The van der Waals surface area contributed by atoms with Crippen LogP contribution >= 0.6 is 0 Å². The molecule has 3 rings (SSSR count). The number of benzene rings is 1. The van der Waals surface area contributed by atoms with E-state index in [0.717, 1.165) is 5.56 Å².